The van der Waals surface area contributed by atoms with Crippen LogP contribution in [0.25, 0.3) is 26.5 Å². The van der Waals surface area contributed by atoms with E-state index in [1.807, 2.05) is 55.5 Å². The van der Waals surface area contributed by atoms with Gasteiger partial charge in [-0.1, -0.05) is 40.7 Å². The molecule has 0 atom stereocenters. The lowest BCUT2D eigenvalue weighted by Gasteiger charge is -2.10. The fourth-order valence-electron chi connectivity index (χ4n) is 4.06. The zero-order valence-electron chi connectivity index (χ0n) is 21.5. The van der Waals surface area contributed by atoms with Gasteiger partial charge in [0.25, 0.3) is 5.91 Å². The lowest BCUT2D eigenvalue weighted by molar-refractivity contribution is 0.102. The van der Waals surface area contributed by atoms with Gasteiger partial charge in [-0.15, -0.1) is 16.4 Å². The highest BCUT2D eigenvalue weighted by Gasteiger charge is 2.22. The highest BCUT2D eigenvalue weighted by atomic mass is 35.5. The van der Waals surface area contributed by atoms with Crippen LogP contribution in [-0.4, -0.2) is 35.9 Å². The van der Waals surface area contributed by atoms with Crippen molar-refractivity contribution in [3.63, 3.8) is 0 Å². The van der Waals surface area contributed by atoms with Crippen LogP contribution in [0.15, 0.2) is 84.3 Å². The van der Waals surface area contributed by atoms with Crippen LogP contribution in [0.2, 0.25) is 5.02 Å². The third kappa shape index (κ3) is 5.46. The van der Waals surface area contributed by atoms with Crippen molar-refractivity contribution in [3.05, 3.63) is 107 Å². The Morgan fingerprint density at radius 2 is 1.82 bits per heavy atom. The summed E-state index contributed by atoms with van der Waals surface area (Å²) < 4.78 is 2.78. The van der Waals surface area contributed by atoms with Crippen molar-refractivity contribution in [1.29, 1.82) is 0 Å². The predicted molar refractivity (Wildman–Crippen MR) is 160 cm³/mol. The van der Waals surface area contributed by atoms with E-state index in [4.69, 9.17) is 16.6 Å². The first kappa shape index (κ1) is 26.1. The number of amides is 1. The number of aromatic nitrogens is 6. The Hall–Kier alpha value is -4.12. The van der Waals surface area contributed by atoms with Crippen LogP contribution >= 0.6 is 34.7 Å². The second kappa shape index (κ2) is 11.2. The summed E-state index contributed by atoms with van der Waals surface area (Å²) in [7, 11) is 0. The number of carbonyl (C=O) groups is 1. The summed E-state index contributed by atoms with van der Waals surface area (Å²) in [6.07, 6.45) is 3.36. The largest absolute Gasteiger partial charge is 0.321 e. The molecule has 1 N–H and O–H groups in total. The number of nitrogens with zero attached hydrogens (tertiary/aromatic N) is 6. The molecule has 3 aromatic heterocycles. The fraction of sp³-hybridized carbons (Fsp3) is 0.103. The van der Waals surface area contributed by atoms with E-state index in [9.17, 15) is 4.79 Å². The summed E-state index contributed by atoms with van der Waals surface area (Å²) in [6.45, 7) is 4.00. The Balaban J connectivity index is 1.26. The molecule has 0 fully saturated rings. The molecular formula is C29H22ClN7OS2. The Bertz CT molecular complexity index is 1840. The molecule has 0 aliphatic heterocycles. The van der Waals surface area contributed by atoms with Gasteiger partial charge in [-0.2, -0.15) is 0 Å². The first-order valence-corrected chi connectivity index (χ1v) is 14.5. The molecule has 6 aromatic rings. The molecule has 3 aromatic carbocycles. The molecule has 0 spiro atoms. The average molecular weight is 584 g/mol. The van der Waals surface area contributed by atoms with E-state index in [2.05, 4.69) is 44.7 Å². The van der Waals surface area contributed by atoms with Crippen LogP contribution in [0.4, 0.5) is 5.69 Å². The molecule has 0 unspecified atom stereocenters. The predicted octanol–water partition coefficient (Wildman–Crippen LogP) is 7.15. The Morgan fingerprint density at radius 3 is 2.60 bits per heavy atom. The second-order valence-corrected chi connectivity index (χ2v) is 11.5. The van der Waals surface area contributed by atoms with Gasteiger partial charge in [0.2, 0.25) is 0 Å². The summed E-state index contributed by atoms with van der Waals surface area (Å²) in [5, 5.41) is 13.6. The molecule has 0 aliphatic carbocycles. The molecule has 0 saturated heterocycles. The molecule has 8 nitrogen and oxygen atoms in total. The van der Waals surface area contributed by atoms with Crippen LogP contribution in [0, 0.1) is 13.8 Å². The van der Waals surface area contributed by atoms with E-state index in [1.165, 1.54) is 17.3 Å². The highest BCUT2D eigenvalue weighted by molar-refractivity contribution is 7.98. The van der Waals surface area contributed by atoms with Gasteiger partial charge in [-0.25, -0.2) is 19.6 Å². The maximum Gasteiger partial charge on any atom is 0.278 e. The summed E-state index contributed by atoms with van der Waals surface area (Å²) >= 11 is 9.42. The van der Waals surface area contributed by atoms with Crippen LogP contribution in [0.3, 0.4) is 0 Å². The third-order valence-electron chi connectivity index (χ3n) is 6.19. The number of hydrogen-bond donors (Lipinski definition) is 1. The standard InChI is InChI=1S/C29H22ClN7OS2/c1-17-4-11-23-25(14-17)40-28(34-23)19-6-8-20(9-7-19)33-27(38)26-24(16-39-29-31-12-3-13-32-29)37(36-35-26)21-10-5-18(2)22(30)15-21/h3-15H,16H2,1-2H3,(H,33,38). The van der Waals surface area contributed by atoms with Gasteiger partial charge >= 0.3 is 0 Å². The maximum absolute atomic E-state index is 13.4. The number of benzene rings is 3. The summed E-state index contributed by atoms with van der Waals surface area (Å²) in [4.78, 5) is 26.7. The summed E-state index contributed by atoms with van der Waals surface area (Å²) in [6, 6.07) is 21.2. The molecule has 0 saturated carbocycles. The molecule has 6 rings (SSSR count). The minimum absolute atomic E-state index is 0.214. The van der Waals surface area contributed by atoms with E-state index in [0.717, 1.165) is 26.4 Å². The van der Waals surface area contributed by atoms with Crippen LogP contribution in [0.1, 0.15) is 27.3 Å². The molecule has 40 heavy (non-hydrogen) atoms. The molecule has 3 heterocycles. The molecule has 0 bridgehead atoms. The number of halogens is 1. The molecule has 11 heteroatoms. The van der Waals surface area contributed by atoms with Crippen molar-refractivity contribution in [2.45, 2.75) is 24.8 Å². The van der Waals surface area contributed by atoms with Crippen LogP contribution in [0.5, 0.6) is 0 Å². The van der Waals surface area contributed by atoms with Crippen LogP contribution in [-0.2, 0) is 5.75 Å². The zero-order chi connectivity index (χ0) is 27.6. The minimum atomic E-state index is -0.364. The number of fused-ring (bicyclic) bond motifs is 1. The number of thiazole rings is 1. The summed E-state index contributed by atoms with van der Waals surface area (Å²) in [5.74, 6) is 0.0126. The number of thioether (sulfide) groups is 1. The monoisotopic (exact) mass is 583 g/mol. The van der Waals surface area contributed by atoms with E-state index in [0.29, 0.717) is 33.0 Å². The second-order valence-electron chi connectivity index (χ2n) is 9.07. The van der Waals surface area contributed by atoms with Crippen molar-refractivity contribution in [2.24, 2.45) is 0 Å². The molecule has 198 valence electrons. The lowest BCUT2D eigenvalue weighted by Crippen LogP contribution is -2.15. The van der Waals surface area contributed by atoms with Crippen molar-refractivity contribution in [2.75, 3.05) is 5.32 Å². The Morgan fingerprint density at radius 1 is 1.02 bits per heavy atom. The van der Waals surface area contributed by atoms with Gasteiger partial charge in [0.05, 0.1) is 21.6 Å². The van der Waals surface area contributed by atoms with Gasteiger partial charge in [-0.05, 0) is 79.6 Å². The smallest absolute Gasteiger partial charge is 0.278 e. The van der Waals surface area contributed by atoms with Gasteiger partial charge < -0.3 is 5.32 Å². The average Bonchev–Trinajstić information content (AvgIpc) is 3.58. The maximum atomic E-state index is 13.4. The zero-order valence-corrected chi connectivity index (χ0v) is 23.9. The van der Waals surface area contributed by atoms with Crippen molar-refractivity contribution in [1.82, 2.24) is 29.9 Å². The van der Waals surface area contributed by atoms with E-state index >= 15 is 0 Å². The Kier molecular flexibility index (Phi) is 7.29. The van der Waals surface area contributed by atoms with Gasteiger partial charge in [0.15, 0.2) is 10.9 Å². The van der Waals surface area contributed by atoms with Gasteiger partial charge in [0, 0.05) is 34.4 Å². The molecular weight excluding hydrogens is 562 g/mol. The fourth-order valence-corrected chi connectivity index (χ4v) is 6.10. The quantitative estimate of drug-likeness (QED) is 0.157. The van der Waals surface area contributed by atoms with E-state index in [1.54, 1.807) is 34.5 Å². The number of rotatable bonds is 7. The Labute approximate surface area is 243 Å². The number of nitrogens with one attached hydrogen (secondary N) is 1. The lowest BCUT2D eigenvalue weighted by atomic mass is 10.2. The number of carbonyl (C=O) groups excluding carboxylic acids is 1. The topological polar surface area (TPSA) is 98.5 Å². The van der Waals surface area contributed by atoms with Gasteiger partial charge in [0.1, 0.15) is 5.01 Å². The first-order valence-electron chi connectivity index (χ1n) is 12.3. The first-order chi connectivity index (χ1) is 19.4. The normalized spacial score (nSPS) is 11.2. The third-order valence-corrected chi connectivity index (χ3v) is 8.55. The molecule has 0 radical (unpaired) electrons. The SMILES string of the molecule is Cc1ccc2nc(-c3ccc(NC(=O)c4nnn(-c5ccc(C)c(Cl)c5)c4CSc4ncccn4)cc3)sc2c1. The number of hydrogen-bond acceptors (Lipinski definition) is 8. The van der Waals surface area contributed by atoms with Gasteiger partial charge in [-0.3, -0.25) is 4.79 Å². The van der Waals surface area contributed by atoms with E-state index < -0.39 is 0 Å². The van der Waals surface area contributed by atoms with Crippen LogP contribution < -0.4 is 5.32 Å². The number of anilines is 1. The number of aryl methyl sites for hydroxylation is 2. The van der Waals surface area contributed by atoms with Crippen molar-refractivity contribution in [3.8, 4) is 16.3 Å². The molecule has 1 amide bonds. The molecule has 0 aliphatic rings. The van der Waals surface area contributed by atoms with Crippen molar-refractivity contribution < 1.29 is 4.79 Å². The minimum Gasteiger partial charge on any atom is -0.321 e. The van der Waals surface area contributed by atoms with E-state index in [-0.39, 0.29) is 11.6 Å². The van der Waals surface area contributed by atoms with Crippen molar-refractivity contribution >= 4 is 56.5 Å². The highest BCUT2D eigenvalue weighted by Crippen LogP contribution is 2.32. The summed E-state index contributed by atoms with van der Waals surface area (Å²) in [5.41, 5.74) is 6.29.